The van der Waals surface area contributed by atoms with Crippen molar-refractivity contribution in [1.29, 1.82) is 0 Å². The van der Waals surface area contributed by atoms with Crippen molar-refractivity contribution in [3.63, 3.8) is 0 Å². The Morgan fingerprint density at radius 2 is 1.86 bits per heavy atom. The maximum atomic E-state index is 13.2. The molecule has 2 aromatic rings. The quantitative estimate of drug-likeness (QED) is 0.819. The maximum Gasteiger partial charge on any atom is 0.256 e. The van der Waals surface area contributed by atoms with Crippen molar-refractivity contribution in [2.45, 2.75) is 50.3 Å². The van der Waals surface area contributed by atoms with Crippen LogP contribution in [0.4, 0.5) is 5.82 Å². The summed E-state index contributed by atoms with van der Waals surface area (Å²) in [6, 6.07) is 11.2. The van der Waals surface area contributed by atoms with Crippen molar-refractivity contribution < 1.29 is 9.53 Å². The van der Waals surface area contributed by atoms with Crippen molar-refractivity contribution >= 4 is 11.7 Å². The standard InChI is InChI=1S/C22H26N4O2/c27-22(21-19-4-2-1-3-16(19)10-14-28-21)25-12-8-18(9-13-25)26(17-5-6-17)20-7-11-23-15-24-20/h1-4,7,11,15,17-18,21H,5-6,8-10,12-14H2. The van der Waals surface area contributed by atoms with Crippen LogP contribution in [0.5, 0.6) is 0 Å². The molecule has 0 bridgehead atoms. The molecule has 6 nitrogen and oxygen atoms in total. The summed E-state index contributed by atoms with van der Waals surface area (Å²) in [6.45, 7) is 2.17. The van der Waals surface area contributed by atoms with Gasteiger partial charge >= 0.3 is 0 Å². The molecule has 1 saturated heterocycles. The zero-order chi connectivity index (χ0) is 18.9. The molecule has 1 unspecified atom stereocenters. The van der Waals surface area contributed by atoms with Gasteiger partial charge in [0.2, 0.25) is 0 Å². The number of ether oxygens (including phenoxy) is 1. The minimum atomic E-state index is -0.442. The van der Waals surface area contributed by atoms with Gasteiger partial charge in [-0.25, -0.2) is 9.97 Å². The highest BCUT2D eigenvalue weighted by molar-refractivity contribution is 5.83. The summed E-state index contributed by atoms with van der Waals surface area (Å²) in [7, 11) is 0. The van der Waals surface area contributed by atoms with Crippen LogP contribution in [0, 0.1) is 0 Å². The first-order valence-corrected chi connectivity index (χ1v) is 10.3. The van der Waals surface area contributed by atoms with E-state index in [1.165, 1.54) is 18.4 Å². The Morgan fingerprint density at radius 3 is 2.61 bits per heavy atom. The molecule has 0 N–H and O–H groups in total. The molecule has 0 spiro atoms. The van der Waals surface area contributed by atoms with Crippen molar-refractivity contribution in [3.05, 3.63) is 54.0 Å². The third-order valence-corrected chi connectivity index (χ3v) is 6.16. The number of fused-ring (bicyclic) bond motifs is 1. The minimum Gasteiger partial charge on any atom is -0.363 e. The van der Waals surface area contributed by atoms with E-state index in [1.54, 1.807) is 6.33 Å². The molecule has 3 aliphatic rings. The molecule has 28 heavy (non-hydrogen) atoms. The molecular formula is C22H26N4O2. The summed E-state index contributed by atoms with van der Waals surface area (Å²) in [5.41, 5.74) is 2.28. The van der Waals surface area contributed by atoms with E-state index in [-0.39, 0.29) is 5.91 Å². The zero-order valence-corrected chi connectivity index (χ0v) is 16.0. The summed E-state index contributed by atoms with van der Waals surface area (Å²) < 4.78 is 5.89. The summed E-state index contributed by atoms with van der Waals surface area (Å²) in [6.07, 6.45) is 8.29. The van der Waals surface area contributed by atoms with Gasteiger partial charge in [-0.15, -0.1) is 0 Å². The van der Waals surface area contributed by atoms with Gasteiger partial charge in [0.05, 0.1) is 6.61 Å². The van der Waals surface area contributed by atoms with Gasteiger partial charge in [0.1, 0.15) is 12.1 Å². The Hall–Kier alpha value is -2.47. The number of hydrogen-bond acceptors (Lipinski definition) is 5. The van der Waals surface area contributed by atoms with Crippen LogP contribution >= 0.6 is 0 Å². The van der Waals surface area contributed by atoms with Gasteiger partial charge < -0.3 is 14.5 Å². The second-order valence-electron chi connectivity index (χ2n) is 7.96. The van der Waals surface area contributed by atoms with E-state index in [0.717, 1.165) is 43.7 Å². The molecule has 2 fully saturated rings. The fourth-order valence-corrected chi connectivity index (χ4v) is 4.59. The van der Waals surface area contributed by atoms with Crippen LogP contribution in [0.15, 0.2) is 42.9 Å². The van der Waals surface area contributed by atoms with Gasteiger partial charge in [-0.05, 0) is 49.3 Å². The van der Waals surface area contributed by atoms with Crippen molar-refractivity contribution in [2.75, 3.05) is 24.6 Å². The van der Waals surface area contributed by atoms with Gasteiger partial charge in [0.15, 0.2) is 6.10 Å². The Bertz CT molecular complexity index is 831. The normalized spacial score (nSPS) is 22.6. The summed E-state index contributed by atoms with van der Waals surface area (Å²) in [5.74, 6) is 1.14. The van der Waals surface area contributed by atoms with Crippen LogP contribution in [-0.2, 0) is 16.0 Å². The molecule has 1 aromatic carbocycles. The van der Waals surface area contributed by atoms with E-state index >= 15 is 0 Å². The van der Waals surface area contributed by atoms with Crippen LogP contribution in [0.1, 0.15) is 42.9 Å². The Labute approximate surface area is 165 Å². The fraction of sp³-hybridized carbons (Fsp3) is 0.500. The number of amides is 1. The summed E-state index contributed by atoms with van der Waals surface area (Å²) in [4.78, 5) is 26.2. The number of likely N-dealkylation sites (tertiary alicyclic amines) is 1. The molecule has 1 aromatic heterocycles. The van der Waals surface area contributed by atoms with Gasteiger partial charge in [-0.2, -0.15) is 0 Å². The van der Waals surface area contributed by atoms with Gasteiger partial charge in [0, 0.05) is 31.4 Å². The minimum absolute atomic E-state index is 0.116. The Morgan fingerprint density at radius 1 is 1.07 bits per heavy atom. The van der Waals surface area contributed by atoms with Gasteiger partial charge in [-0.3, -0.25) is 4.79 Å². The van der Waals surface area contributed by atoms with E-state index in [2.05, 4.69) is 20.9 Å². The first-order valence-electron chi connectivity index (χ1n) is 10.3. The second-order valence-corrected chi connectivity index (χ2v) is 7.96. The predicted octanol–water partition coefficient (Wildman–Crippen LogP) is 2.75. The number of hydrogen-bond donors (Lipinski definition) is 0. The number of piperidine rings is 1. The second kappa shape index (κ2) is 7.51. The molecule has 2 aliphatic heterocycles. The topological polar surface area (TPSA) is 58.6 Å². The molecule has 5 rings (SSSR count). The number of carbonyl (C=O) groups is 1. The van der Waals surface area contributed by atoms with Crippen LogP contribution in [0.25, 0.3) is 0 Å². The van der Waals surface area contributed by atoms with Crippen LogP contribution in [0.2, 0.25) is 0 Å². The summed E-state index contributed by atoms with van der Waals surface area (Å²) in [5, 5.41) is 0. The SMILES string of the molecule is O=C(C1OCCc2ccccc21)N1CCC(N(c2ccncn2)C2CC2)CC1. The van der Waals surface area contributed by atoms with Crippen LogP contribution < -0.4 is 4.90 Å². The zero-order valence-electron chi connectivity index (χ0n) is 16.0. The van der Waals surface area contributed by atoms with Crippen LogP contribution in [-0.4, -0.2) is 52.6 Å². The van der Waals surface area contributed by atoms with E-state index in [9.17, 15) is 4.79 Å². The highest BCUT2D eigenvalue weighted by atomic mass is 16.5. The van der Waals surface area contributed by atoms with Gasteiger partial charge in [0.25, 0.3) is 5.91 Å². The number of rotatable bonds is 4. The molecule has 1 saturated carbocycles. The smallest absolute Gasteiger partial charge is 0.256 e. The lowest BCUT2D eigenvalue weighted by Crippen LogP contribution is -2.49. The maximum absolute atomic E-state index is 13.2. The molecule has 1 amide bonds. The van der Waals surface area contributed by atoms with E-state index in [0.29, 0.717) is 18.7 Å². The fourth-order valence-electron chi connectivity index (χ4n) is 4.59. The third kappa shape index (κ3) is 3.37. The first-order chi connectivity index (χ1) is 13.8. The monoisotopic (exact) mass is 378 g/mol. The van der Waals surface area contributed by atoms with Crippen LogP contribution in [0.3, 0.4) is 0 Å². The molecule has 3 heterocycles. The van der Waals surface area contributed by atoms with E-state index in [1.807, 2.05) is 35.4 Å². The number of nitrogens with zero attached hydrogens (tertiary/aromatic N) is 4. The number of benzene rings is 1. The van der Waals surface area contributed by atoms with Crippen molar-refractivity contribution in [3.8, 4) is 0 Å². The molecule has 0 radical (unpaired) electrons. The lowest BCUT2D eigenvalue weighted by atomic mass is 9.95. The van der Waals surface area contributed by atoms with Crippen molar-refractivity contribution in [2.24, 2.45) is 0 Å². The number of anilines is 1. The molecule has 1 aliphatic carbocycles. The third-order valence-electron chi connectivity index (χ3n) is 6.16. The molecule has 1 atom stereocenters. The Balaban J connectivity index is 1.27. The van der Waals surface area contributed by atoms with Crippen molar-refractivity contribution in [1.82, 2.24) is 14.9 Å². The summed E-state index contributed by atoms with van der Waals surface area (Å²) >= 11 is 0. The average Bonchev–Trinajstić information content (AvgIpc) is 3.59. The van der Waals surface area contributed by atoms with Gasteiger partial charge in [-0.1, -0.05) is 24.3 Å². The molecule has 6 heteroatoms. The highest BCUT2D eigenvalue weighted by Crippen LogP contribution is 2.36. The number of carbonyl (C=O) groups excluding carboxylic acids is 1. The molecule has 146 valence electrons. The largest absolute Gasteiger partial charge is 0.363 e. The average molecular weight is 378 g/mol. The van der Waals surface area contributed by atoms with E-state index < -0.39 is 6.10 Å². The lowest BCUT2D eigenvalue weighted by Gasteiger charge is -2.40. The Kier molecular flexibility index (Phi) is 4.72. The predicted molar refractivity (Wildman–Crippen MR) is 106 cm³/mol. The lowest BCUT2D eigenvalue weighted by molar-refractivity contribution is -0.146. The number of aromatic nitrogens is 2. The molecular weight excluding hydrogens is 352 g/mol. The first kappa shape index (κ1) is 17.6. The highest BCUT2D eigenvalue weighted by Gasteiger charge is 2.38. The van der Waals surface area contributed by atoms with E-state index in [4.69, 9.17) is 4.74 Å².